The van der Waals surface area contributed by atoms with Gasteiger partial charge in [-0.3, -0.25) is 10.1 Å². The molecule has 164 valence electrons. The number of allylic oxidation sites excluding steroid dienone is 1. The van der Waals surface area contributed by atoms with Crippen LogP contribution in [0.15, 0.2) is 78.9 Å². The topological polar surface area (TPSA) is 71.8 Å². The lowest BCUT2D eigenvalue weighted by Crippen LogP contribution is -2.20. The average Bonchev–Trinajstić information content (AvgIpc) is 3.22. The number of anilines is 2. The first kappa shape index (κ1) is 21.2. The molecule has 0 aliphatic carbocycles. The summed E-state index contributed by atoms with van der Waals surface area (Å²) in [7, 11) is 0. The molecule has 1 amide bonds. The highest BCUT2D eigenvalue weighted by molar-refractivity contribution is 6.30. The number of aromatic nitrogens is 3. The third-order valence-electron chi connectivity index (χ3n) is 5.16. The number of hydrogen-bond donors (Lipinski definition) is 2. The zero-order chi connectivity index (χ0) is 22.9. The van der Waals surface area contributed by atoms with Crippen molar-refractivity contribution in [3.63, 3.8) is 0 Å². The van der Waals surface area contributed by atoms with Crippen molar-refractivity contribution in [2.75, 3.05) is 10.6 Å². The molecule has 0 fully saturated rings. The largest absolute Gasteiger partial charge is 0.324 e. The summed E-state index contributed by atoms with van der Waals surface area (Å²) in [6.07, 6.45) is 2.01. The van der Waals surface area contributed by atoms with Crippen LogP contribution in [-0.2, 0) is 0 Å². The van der Waals surface area contributed by atoms with Crippen LogP contribution < -0.4 is 10.6 Å². The molecule has 2 N–H and O–H groups in total. The van der Waals surface area contributed by atoms with Crippen LogP contribution >= 0.6 is 23.2 Å². The maximum atomic E-state index is 13.2. The lowest BCUT2D eigenvalue weighted by Gasteiger charge is -2.24. The van der Waals surface area contributed by atoms with Gasteiger partial charge in [0.15, 0.2) is 0 Å². The van der Waals surface area contributed by atoms with Gasteiger partial charge in [-0.05, 0) is 65.7 Å². The van der Waals surface area contributed by atoms with Crippen LogP contribution in [0.4, 0.5) is 16.3 Å². The van der Waals surface area contributed by atoms with Crippen LogP contribution in [-0.4, -0.2) is 20.7 Å². The summed E-state index contributed by atoms with van der Waals surface area (Å²) in [4.78, 5) is 17.0. The van der Waals surface area contributed by atoms with E-state index in [1.807, 2.05) is 54.6 Å². The number of fused-ring (bicyclic) bond motifs is 1. The third-order valence-corrected chi connectivity index (χ3v) is 5.67. The molecule has 9 heteroatoms. The minimum absolute atomic E-state index is 0.122. The monoisotopic (exact) mass is 479 g/mol. The van der Waals surface area contributed by atoms with Crippen LogP contribution in [0.2, 0.25) is 10.0 Å². The van der Waals surface area contributed by atoms with Gasteiger partial charge in [0, 0.05) is 21.3 Å². The maximum absolute atomic E-state index is 13.2. The van der Waals surface area contributed by atoms with Gasteiger partial charge in [-0.1, -0.05) is 47.5 Å². The molecule has 6 nitrogen and oxygen atoms in total. The quantitative estimate of drug-likeness (QED) is 0.374. The molecule has 0 saturated heterocycles. The minimum Gasteiger partial charge on any atom is -0.324 e. The van der Waals surface area contributed by atoms with Gasteiger partial charge in [0.1, 0.15) is 11.9 Å². The van der Waals surface area contributed by atoms with Gasteiger partial charge in [-0.25, -0.2) is 9.07 Å². The maximum Gasteiger partial charge on any atom is 0.258 e. The van der Waals surface area contributed by atoms with Crippen molar-refractivity contribution in [1.82, 2.24) is 14.8 Å². The Balaban J connectivity index is 1.50. The molecule has 0 radical (unpaired) electrons. The predicted molar refractivity (Wildman–Crippen MR) is 127 cm³/mol. The second kappa shape index (κ2) is 8.69. The van der Waals surface area contributed by atoms with E-state index in [4.69, 9.17) is 23.2 Å². The summed E-state index contributed by atoms with van der Waals surface area (Å²) in [5.41, 5.74) is 2.98. The second-order valence-corrected chi connectivity index (χ2v) is 8.25. The molecular formula is C24H16Cl2FN5O. The summed E-state index contributed by atoms with van der Waals surface area (Å²) in [5.74, 6) is -0.279. The van der Waals surface area contributed by atoms with E-state index in [1.54, 1.807) is 4.68 Å². The SMILES string of the molecule is O=C(Nc1nc2n(n1)C(c1ccc(Cl)cc1)C=C(c1ccc(Cl)cc1)N2)c1ccc(F)cc1. The van der Waals surface area contributed by atoms with E-state index in [9.17, 15) is 9.18 Å². The minimum atomic E-state index is -0.438. The highest BCUT2D eigenvalue weighted by Gasteiger charge is 2.26. The zero-order valence-electron chi connectivity index (χ0n) is 17.0. The summed E-state index contributed by atoms with van der Waals surface area (Å²) >= 11 is 12.1. The second-order valence-electron chi connectivity index (χ2n) is 7.37. The highest BCUT2D eigenvalue weighted by Crippen LogP contribution is 2.34. The van der Waals surface area contributed by atoms with Gasteiger partial charge in [0.2, 0.25) is 5.95 Å². The Morgan fingerprint density at radius 2 is 1.58 bits per heavy atom. The van der Waals surface area contributed by atoms with Crippen molar-refractivity contribution in [2.45, 2.75) is 6.04 Å². The van der Waals surface area contributed by atoms with E-state index in [1.165, 1.54) is 24.3 Å². The van der Waals surface area contributed by atoms with E-state index in [-0.39, 0.29) is 12.0 Å². The number of carbonyl (C=O) groups excluding carboxylic acids is 1. The van der Waals surface area contributed by atoms with Gasteiger partial charge in [0.05, 0.1) is 0 Å². The number of nitrogens with zero attached hydrogens (tertiary/aromatic N) is 3. The number of rotatable bonds is 4. The number of nitrogens with one attached hydrogen (secondary N) is 2. The molecule has 0 bridgehead atoms. The van der Waals surface area contributed by atoms with Crippen molar-refractivity contribution < 1.29 is 9.18 Å². The van der Waals surface area contributed by atoms with Gasteiger partial charge < -0.3 is 5.32 Å². The zero-order valence-corrected chi connectivity index (χ0v) is 18.5. The third kappa shape index (κ3) is 4.46. The van der Waals surface area contributed by atoms with Gasteiger partial charge in [-0.2, -0.15) is 4.98 Å². The van der Waals surface area contributed by atoms with E-state index in [0.717, 1.165) is 16.8 Å². The Bertz CT molecular complexity index is 1350. The predicted octanol–water partition coefficient (Wildman–Crippen LogP) is 6.03. The van der Waals surface area contributed by atoms with E-state index < -0.39 is 11.7 Å². The van der Waals surface area contributed by atoms with Crippen LogP contribution in [0, 0.1) is 5.82 Å². The lowest BCUT2D eigenvalue weighted by molar-refractivity contribution is 0.102. The summed E-state index contributed by atoms with van der Waals surface area (Å²) in [6, 6.07) is 19.8. The molecule has 0 spiro atoms. The first-order chi connectivity index (χ1) is 16.0. The summed E-state index contributed by atoms with van der Waals surface area (Å²) < 4.78 is 14.9. The van der Waals surface area contributed by atoms with Gasteiger partial charge in [-0.15, -0.1) is 5.10 Å². The fourth-order valence-electron chi connectivity index (χ4n) is 3.52. The lowest BCUT2D eigenvalue weighted by atomic mass is 10.0. The standard InChI is InChI=1S/C24H16Cl2FN5O/c25-17-7-1-14(2-8-17)20-13-21(15-3-9-18(26)10-4-15)32-24(28-20)30-23(31-32)29-22(33)16-5-11-19(27)12-6-16/h1-13,21H,(H2,28,29,30,31,33). The molecule has 4 aromatic rings. The molecule has 2 heterocycles. The summed E-state index contributed by atoms with van der Waals surface area (Å²) in [6.45, 7) is 0. The average molecular weight is 480 g/mol. The first-order valence-corrected chi connectivity index (χ1v) is 10.8. The van der Waals surface area contributed by atoms with Crippen LogP contribution in [0.5, 0.6) is 0 Å². The van der Waals surface area contributed by atoms with Gasteiger partial charge >= 0.3 is 0 Å². The molecule has 1 aliphatic rings. The molecule has 0 saturated carbocycles. The van der Waals surface area contributed by atoms with Crippen LogP contribution in [0.3, 0.4) is 0 Å². The van der Waals surface area contributed by atoms with E-state index in [2.05, 4.69) is 20.7 Å². The Labute approximate surface area is 198 Å². The Kier molecular flexibility index (Phi) is 5.58. The molecule has 5 rings (SSSR count). The van der Waals surface area contributed by atoms with Crippen molar-refractivity contribution >= 4 is 46.7 Å². The molecule has 1 aliphatic heterocycles. The number of carbonyl (C=O) groups is 1. The smallest absolute Gasteiger partial charge is 0.258 e. The normalized spacial score (nSPS) is 14.8. The van der Waals surface area contributed by atoms with Crippen molar-refractivity contribution in [1.29, 1.82) is 0 Å². The molecule has 1 atom stereocenters. The van der Waals surface area contributed by atoms with Crippen LogP contribution in [0.25, 0.3) is 5.70 Å². The molecule has 1 unspecified atom stereocenters. The van der Waals surface area contributed by atoms with E-state index >= 15 is 0 Å². The highest BCUT2D eigenvalue weighted by atomic mass is 35.5. The fraction of sp³-hybridized carbons (Fsp3) is 0.0417. The van der Waals surface area contributed by atoms with Crippen molar-refractivity contribution in [3.05, 3.63) is 111 Å². The first-order valence-electron chi connectivity index (χ1n) is 10.00. The number of amides is 1. The number of benzene rings is 3. The Morgan fingerprint density at radius 1 is 0.939 bits per heavy atom. The number of hydrogen-bond acceptors (Lipinski definition) is 4. The number of halogens is 3. The Morgan fingerprint density at radius 3 is 2.24 bits per heavy atom. The van der Waals surface area contributed by atoms with Gasteiger partial charge in [0.25, 0.3) is 11.9 Å². The fourth-order valence-corrected chi connectivity index (χ4v) is 3.77. The van der Waals surface area contributed by atoms with Crippen molar-refractivity contribution in [2.24, 2.45) is 0 Å². The molecular weight excluding hydrogens is 464 g/mol. The van der Waals surface area contributed by atoms with Crippen molar-refractivity contribution in [3.8, 4) is 0 Å². The molecule has 3 aromatic carbocycles. The van der Waals surface area contributed by atoms with E-state index in [0.29, 0.717) is 21.6 Å². The molecule has 33 heavy (non-hydrogen) atoms. The summed E-state index contributed by atoms with van der Waals surface area (Å²) in [5, 5.41) is 11.7. The molecule has 1 aromatic heterocycles. The Hall–Kier alpha value is -3.68. The van der Waals surface area contributed by atoms with Crippen LogP contribution in [0.1, 0.15) is 27.5 Å².